The van der Waals surface area contributed by atoms with Crippen molar-refractivity contribution in [3.8, 4) is 0 Å². The second kappa shape index (κ2) is 7.64. The summed E-state index contributed by atoms with van der Waals surface area (Å²) in [6.45, 7) is 0. The monoisotopic (exact) mass is 561 g/mol. The van der Waals surface area contributed by atoms with Gasteiger partial charge < -0.3 is 0 Å². The van der Waals surface area contributed by atoms with Crippen LogP contribution in [-0.4, -0.2) is 5.71 Å². The van der Waals surface area contributed by atoms with E-state index in [0.717, 1.165) is 17.0 Å². The van der Waals surface area contributed by atoms with Crippen molar-refractivity contribution in [2.24, 2.45) is 4.99 Å². The smallest absolute Gasteiger partial charge is 0.0560 e. The van der Waals surface area contributed by atoms with Crippen molar-refractivity contribution in [2.45, 2.75) is 5.92 Å². The van der Waals surface area contributed by atoms with Gasteiger partial charge in [0.15, 0.2) is 0 Å². The van der Waals surface area contributed by atoms with Crippen molar-refractivity contribution >= 4 is 32.9 Å². The molecule has 1 unspecified atom stereocenters. The van der Waals surface area contributed by atoms with Crippen LogP contribution in [-0.2, 0) is 20.1 Å². The molecule has 0 aliphatic carbocycles. The van der Waals surface area contributed by atoms with Gasteiger partial charge in [0, 0.05) is 26.0 Å². The molecule has 0 fully saturated rings. The quantitative estimate of drug-likeness (QED) is 0.205. The Bertz CT molecular complexity index is 1400. The molecule has 0 saturated carbocycles. The standard InChI is InChI=1S/C28H18N.Ir/c1-2-9-20(10-3-1)27-25-17-22-12-6-7-13-23(22)18-26(25)29-28(27)24-15-14-19-8-4-5-11-21(19)16-24;/h1-14,16-18,27H;/q-1;. The van der Waals surface area contributed by atoms with Crippen molar-refractivity contribution in [3.05, 3.63) is 126 Å². The summed E-state index contributed by atoms with van der Waals surface area (Å²) in [7, 11) is 0. The van der Waals surface area contributed by atoms with Gasteiger partial charge in [-0.1, -0.05) is 84.2 Å². The summed E-state index contributed by atoms with van der Waals surface area (Å²) >= 11 is 0. The third-order valence-corrected chi connectivity index (χ3v) is 5.81. The van der Waals surface area contributed by atoms with Gasteiger partial charge in [-0.05, 0) is 39.7 Å². The summed E-state index contributed by atoms with van der Waals surface area (Å²) in [6.07, 6.45) is 0. The summed E-state index contributed by atoms with van der Waals surface area (Å²) in [5.41, 5.74) is 5.74. The van der Waals surface area contributed by atoms with E-state index in [1.807, 2.05) is 0 Å². The molecule has 1 nitrogen and oxygen atoms in total. The van der Waals surface area contributed by atoms with Gasteiger partial charge in [-0.2, -0.15) is 0 Å². The number of rotatable bonds is 2. The Hall–Kier alpha value is -3.06. The Labute approximate surface area is 189 Å². The second-order valence-electron chi connectivity index (χ2n) is 7.57. The van der Waals surface area contributed by atoms with Gasteiger partial charge >= 0.3 is 0 Å². The topological polar surface area (TPSA) is 12.4 Å². The van der Waals surface area contributed by atoms with Gasteiger partial charge in [-0.15, -0.1) is 29.1 Å². The first kappa shape index (κ1) is 18.9. The number of aliphatic imine (C=N–C) groups is 1. The van der Waals surface area contributed by atoms with Crippen molar-refractivity contribution in [3.63, 3.8) is 0 Å². The molecule has 6 rings (SSSR count). The van der Waals surface area contributed by atoms with Gasteiger partial charge in [0.2, 0.25) is 0 Å². The van der Waals surface area contributed by atoms with Crippen LogP contribution < -0.4 is 0 Å². The van der Waals surface area contributed by atoms with E-state index in [9.17, 15) is 0 Å². The van der Waals surface area contributed by atoms with Gasteiger partial charge in [0.05, 0.1) is 5.69 Å². The largest absolute Gasteiger partial charge is 0.300 e. The van der Waals surface area contributed by atoms with Gasteiger partial charge in [-0.3, -0.25) is 4.99 Å². The predicted octanol–water partition coefficient (Wildman–Crippen LogP) is 7.06. The van der Waals surface area contributed by atoms with E-state index in [1.165, 1.54) is 32.7 Å². The van der Waals surface area contributed by atoms with Crippen LogP contribution in [0.5, 0.6) is 0 Å². The van der Waals surface area contributed by atoms with Crippen LogP contribution in [0.3, 0.4) is 0 Å². The van der Waals surface area contributed by atoms with E-state index in [-0.39, 0.29) is 26.0 Å². The molecular formula is C28H18IrN-. The van der Waals surface area contributed by atoms with Crippen LogP contribution in [0.2, 0.25) is 0 Å². The van der Waals surface area contributed by atoms with Crippen LogP contribution in [0.1, 0.15) is 22.6 Å². The van der Waals surface area contributed by atoms with Gasteiger partial charge in [0.25, 0.3) is 0 Å². The molecular weight excluding hydrogens is 543 g/mol. The SMILES string of the molecule is [Ir].[c-]1cc2ccccc2cc1C1=Nc2cc3ccccc3cc2C1c1ccccc1. The molecule has 0 N–H and O–H groups in total. The summed E-state index contributed by atoms with van der Waals surface area (Å²) in [6, 6.07) is 39.9. The maximum absolute atomic E-state index is 5.12. The Morgan fingerprint density at radius 2 is 1.23 bits per heavy atom. The molecule has 0 bridgehead atoms. The molecule has 30 heavy (non-hydrogen) atoms. The van der Waals surface area contributed by atoms with Crippen molar-refractivity contribution in [2.75, 3.05) is 0 Å². The van der Waals surface area contributed by atoms with Gasteiger partial charge in [-0.25, -0.2) is 0 Å². The summed E-state index contributed by atoms with van der Waals surface area (Å²) in [5, 5.41) is 4.91. The van der Waals surface area contributed by atoms with Crippen LogP contribution in [0, 0.1) is 6.07 Å². The normalized spacial score (nSPS) is 14.9. The zero-order chi connectivity index (χ0) is 19.2. The Morgan fingerprint density at radius 3 is 1.97 bits per heavy atom. The van der Waals surface area contributed by atoms with E-state index in [4.69, 9.17) is 4.99 Å². The summed E-state index contributed by atoms with van der Waals surface area (Å²) < 4.78 is 0. The third kappa shape index (κ3) is 3.10. The summed E-state index contributed by atoms with van der Waals surface area (Å²) in [5.74, 6) is 0.119. The average molecular weight is 561 g/mol. The average Bonchev–Trinajstić information content (AvgIpc) is 3.16. The first-order valence-electron chi connectivity index (χ1n) is 9.94. The third-order valence-electron chi connectivity index (χ3n) is 5.81. The maximum Gasteiger partial charge on any atom is 0.0560 e. The Kier molecular flexibility index (Phi) is 4.83. The number of benzene rings is 5. The fourth-order valence-electron chi connectivity index (χ4n) is 4.39. The second-order valence-corrected chi connectivity index (χ2v) is 7.57. The van der Waals surface area contributed by atoms with Crippen LogP contribution in [0.25, 0.3) is 21.5 Å². The number of nitrogens with zero attached hydrogens (tertiary/aromatic N) is 1. The maximum atomic E-state index is 5.12. The number of hydrogen-bond acceptors (Lipinski definition) is 1. The molecule has 5 aromatic rings. The van der Waals surface area contributed by atoms with E-state index >= 15 is 0 Å². The molecule has 0 saturated heterocycles. The molecule has 1 atom stereocenters. The van der Waals surface area contributed by atoms with Crippen molar-refractivity contribution < 1.29 is 20.1 Å². The number of hydrogen-bond donors (Lipinski definition) is 0. The number of fused-ring (bicyclic) bond motifs is 3. The van der Waals surface area contributed by atoms with Crippen molar-refractivity contribution in [1.29, 1.82) is 0 Å². The van der Waals surface area contributed by atoms with Crippen LogP contribution >= 0.6 is 0 Å². The zero-order valence-electron chi connectivity index (χ0n) is 16.2. The zero-order valence-corrected chi connectivity index (χ0v) is 18.6. The molecule has 145 valence electrons. The van der Waals surface area contributed by atoms with E-state index < -0.39 is 0 Å². The fourth-order valence-corrected chi connectivity index (χ4v) is 4.39. The first-order valence-corrected chi connectivity index (χ1v) is 9.94. The fraction of sp³-hybridized carbons (Fsp3) is 0.0357. The van der Waals surface area contributed by atoms with E-state index in [0.29, 0.717) is 0 Å². The van der Waals surface area contributed by atoms with E-state index in [1.54, 1.807) is 0 Å². The van der Waals surface area contributed by atoms with Crippen LogP contribution in [0.4, 0.5) is 5.69 Å². The molecule has 1 aliphatic rings. The van der Waals surface area contributed by atoms with Gasteiger partial charge in [0.1, 0.15) is 0 Å². The minimum absolute atomic E-state index is 0. The molecule has 1 aliphatic heterocycles. The molecule has 2 heteroatoms. The Balaban J connectivity index is 0.00000193. The van der Waals surface area contributed by atoms with Crippen LogP contribution in [0.15, 0.2) is 108 Å². The Morgan fingerprint density at radius 1 is 0.633 bits per heavy atom. The summed E-state index contributed by atoms with van der Waals surface area (Å²) in [4.78, 5) is 5.12. The van der Waals surface area contributed by atoms with Crippen molar-refractivity contribution in [1.82, 2.24) is 0 Å². The minimum Gasteiger partial charge on any atom is -0.300 e. The molecule has 0 spiro atoms. The molecule has 5 aromatic carbocycles. The first-order chi connectivity index (χ1) is 14.4. The molecule has 1 heterocycles. The minimum atomic E-state index is 0. The van der Waals surface area contributed by atoms with E-state index in [2.05, 4.69) is 109 Å². The molecule has 1 radical (unpaired) electrons. The molecule has 0 amide bonds. The molecule has 0 aromatic heterocycles. The predicted molar refractivity (Wildman–Crippen MR) is 121 cm³/mol.